The van der Waals surface area contributed by atoms with Gasteiger partial charge < -0.3 is 14.2 Å². The Bertz CT molecular complexity index is 234. The molecule has 1 radical (unpaired) electrons. The summed E-state index contributed by atoms with van der Waals surface area (Å²) in [5.74, 6) is -1.81. The van der Waals surface area contributed by atoms with Crippen LogP contribution in [0.15, 0.2) is 0 Å². The van der Waals surface area contributed by atoms with Gasteiger partial charge in [0.05, 0.1) is 12.2 Å². The van der Waals surface area contributed by atoms with Gasteiger partial charge in [-0.3, -0.25) is 0 Å². The van der Waals surface area contributed by atoms with Crippen molar-refractivity contribution in [1.29, 1.82) is 0 Å². The van der Waals surface area contributed by atoms with E-state index >= 15 is 0 Å². The Hall–Kier alpha value is -0.160. The quantitative estimate of drug-likeness (QED) is 0.687. The summed E-state index contributed by atoms with van der Waals surface area (Å²) in [6.45, 7) is 0.00463. The monoisotopic (exact) mass is 257 g/mol. The molecule has 0 aromatic carbocycles. The van der Waals surface area contributed by atoms with E-state index in [1.165, 1.54) is 26.4 Å². The summed E-state index contributed by atoms with van der Waals surface area (Å²) in [4.78, 5) is 0. The molecule has 2 aliphatic rings. The van der Waals surface area contributed by atoms with Crippen LogP contribution in [0.4, 0.5) is 0 Å². The Morgan fingerprint density at radius 1 is 0.944 bits per heavy atom. The van der Waals surface area contributed by atoms with Crippen LogP contribution < -0.4 is 0 Å². The largest absolute Gasteiger partial charge is 0.370 e. The van der Waals surface area contributed by atoms with Crippen LogP contribution in [-0.2, 0) is 19.3 Å². The summed E-state index contributed by atoms with van der Waals surface area (Å²) in [7, 11) is 1.41. The van der Waals surface area contributed by atoms with E-state index in [-0.39, 0.29) is 18.8 Å². The molecule has 1 unspecified atom stereocenters. The minimum absolute atomic E-state index is 0.00463. The first kappa shape index (κ1) is 14.3. The van der Waals surface area contributed by atoms with Crippen molar-refractivity contribution in [2.45, 2.75) is 76.0 Å². The molecule has 0 heterocycles. The number of hydrogen-bond donors (Lipinski definition) is 0. The van der Waals surface area contributed by atoms with Crippen molar-refractivity contribution in [2.75, 3.05) is 13.7 Å². The molecule has 4 nitrogen and oxygen atoms in total. The zero-order chi connectivity index (χ0) is 12.8. The normalized spacial score (nSPS) is 26.3. The van der Waals surface area contributed by atoms with Crippen LogP contribution in [0.2, 0.25) is 0 Å². The average Bonchev–Trinajstić information content (AvgIpc) is 2.91. The van der Waals surface area contributed by atoms with Gasteiger partial charge >= 0.3 is 5.97 Å². The zero-order valence-electron chi connectivity index (χ0n) is 11.4. The van der Waals surface area contributed by atoms with Gasteiger partial charge in [-0.05, 0) is 25.7 Å². The fourth-order valence-corrected chi connectivity index (χ4v) is 2.85. The number of methoxy groups -OCH3 is 1. The van der Waals surface area contributed by atoms with Crippen molar-refractivity contribution in [3.8, 4) is 0 Å². The molecule has 0 saturated heterocycles. The third-order valence-electron chi connectivity index (χ3n) is 4.01. The molecule has 2 saturated carbocycles. The molecule has 105 valence electrons. The Balaban J connectivity index is 1.76. The first-order valence-electron chi connectivity index (χ1n) is 7.27. The molecule has 2 fully saturated rings. The van der Waals surface area contributed by atoms with E-state index in [2.05, 4.69) is 0 Å². The molecule has 0 aromatic rings. The van der Waals surface area contributed by atoms with Crippen molar-refractivity contribution in [1.82, 2.24) is 0 Å². The van der Waals surface area contributed by atoms with Gasteiger partial charge in [-0.2, -0.15) is 5.11 Å². The Labute approximate surface area is 110 Å². The van der Waals surface area contributed by atoms with Crippen LogP contribution in [-0.4, -0.2) is 31.9 Å². The summed E-state index contributed by atoms with van der Waals surface area (Å²) in [6, 6.07) is 0. The lowest BCUT2D eigenvalue weighted by molar-refractivity contribution is -0.410. The highest BCUT2D eigenvalue weighted by Crippen LogP contribution is 2.27. The van der Waals surface area contributed by atoms with Crippen LogP contribution >= 0.6 is 0 Å². The maximum absolute atomic E-state index is 12.3. The molecule has 0 N–H and O–H groups in total. The topological polar surface area (TPSA) is 47.6 Å². The first-order valence-corrected chi connectivity index (χ1v) is 7.27. The lowest BCUT2D eigenvalue weighted by Crippen LogP contribution is -2.43. The van der Waals surface area contributed by atoms with Gasteiger partial charge in [0.15, 0.2) is 0 Å². The summed E-state index contributed by atoms with van der Waals surface area (Å²) >= 11 is 0. The van der Waals surface area contributed by atoms with Crippen LogP contribution in [0.3, 0.4) is 0 Å². The van der Waals surface area contributed by atoms with E-state index in [0.717, 1.165) is 38.5 Å². The van der Waals surface area contributed by atoms with E-state index < -0.39 is 5.97 Å². The number of hydrogen-bond acceptors (Lipinski definition) is 3. The standard InChI is InChI=1S/C14H25O4/c1-16-14(15,11-17-12-7-5-6-8-12)18-13-9-3-2-4-10-13/h12-13H,2-11H2,1H3. The lowest BCUT2D eigenvalue weighted by atomic mass is 9.98. The van der Waals surface area contributed by atoms with Gasteiger partial charge in [0.25, 0.3) is 0 Å². The second kappa shape index (κ2) is 6.85. The highest BCUT2D eigenvalue weighted by atomic mass is 16.8. The molecule has 0 aliphatic heterocycles. The third-order valence-corrected chi connectivity index (χ3v) is 4.01. The van der Waals surface area contributed by atoms with Crippen molar-refractivity contribution < 1.29 is 19.3 Å². The van der Waals surface area contributed by atoms with Gasteiger partial charge in [-0.1, -0.05) is 32.1 Å². The van der Waals surface area contributed by atoms with Crippen molar-refractivity contribution in [2.24, 2.45) is 0 Å². The minimum Gasteiger partial charge on any atom is -0.370 e. The number of ether oxygens (including phenoxy) is 3. The molecule has 18 heavy (non-hydrogen) atoms. The summed E-state index contributed by atoms with van der Waals surface area (Å²) in [5, 5.41) is 12.3. The molecule has 0 aromatic heterocycles. The minimum atomic E-state index is -1.81. The summed E-state index contributed by atoms with van der Waals surface area (Å²) < 4.78 is 16.2. The van der Waals surface area contributed by atoms with E-state index in [1.54, 1.807) is 0 Å². The SMILES string of the molecule is COC([O])(COC1CCCC1)OC1CCCCC1. The van der Waals surface area contributed by atoms with Crippen molar-refractivity contribution >= 4 is 0 Å². The molecule has 0 bridgehead atoms. The van der Waals surface area contributed by atoms with Crippen molar-refractivity contribution in [3.05, 3.63) is 0 Å². The maximum Gasteiger partial charge on any atom is 0.336 e. The fourth-order valence-electron chi connectivity index (χ4n) is 2.85. The maximum atomic E-state index is 12.3. The molecule has 2 aliphatic carbocycles. The summed E-state index contributed by atoms with van der Waals surface area (Å²) in [6.07, 6.45) is 10.3. The van der Waals surface area contributed by atoms with E-state index in [9.17, 15) is 5.11 Å². The van der Waals surface area contributed by atoms with E-state index in [1.807, 2.05) is 0 Å². The Kier molecular flexibility index (Phi) is 5.42. The van der Waals surface area contributed by atoms with E-state index in [4.69, 9.17) is 14.2 Å². The molecule has 0 amide bonds. The van der Waals surface area contributed by atoms with E-state index in [0.29, 0.717) is 0 Å². The third kappa shape index (κ3) is 4.19. The molecule has 0 spiro atoms. The molecule has 4 heteroatoms. The van der Waals surface area contributed by atoms with Crippen LogP contribution in [0.25, 0.3) is 0 Å². The smallest absolute Gasteiger partial charge is 0.336 e. The Morgan fingerprint density at radius 2 is 1.50 bits per heavy atom. The second-order valence-corrected chi connectivity index (χ2v) is 5.48. The van der Waals surface area contributed by atoms with Gasteiger partial charge in [-0.25, -0.2) is 0 Å². The molecule has 2 rings (SSSR count). The highest BCUT2D eigenvalue weighted by molar-refractivity contribution is 4.70. The van der Waals surface area contributed by atoms with Crippen LogP contribution in [0.5, 0.6) is 0 Å². The molecule has 1 atom stereocenters. The van der Waals surface area contributed by atoms with Crippen LogP contribution in [0, 0.1) is 0 Å². The van der Waals surface area contributed by atoms with Crippen molar-refractivity contribution in [3.63, 3.8) is 0 Å². The lowest BCUT2D eigenvalue weighted by Gasteiger charge is -2.31. The predicted molar refractivity (Wildman–Crippen MR) is 66.6 cm³/mol. The number of rotatable bonds is 6. The predicted octanol–water partition coefficient (Wildman–Crippen LogP) is 3.03. The van der Waals surface area contributed by atoms with Gasteiger partial charge in [0, 0.05) is 7.11 Å². The van der Waals surface area contributed by atoms with Gasteiger partial charge in [0.2, 0.25) is 0 Å². The van der Waals surface area contributed by atoms with Gasteiger partial charge in [-0.15, -0.1) is 0 Å². The Morgan fingerprint density at radius 3 is 2.11 bits per heavy atom. The van der Waals surface area contributed by atoms with Crippen LogP contribution in [0.1, 0.15) is 57.8 Å². The fraction of sp³-hybridized carbons (Fsp3) is 1.00. The molecular formula is C14H25O4. The zero-order valence-corrected chi connectivity index (χ0v) is 11.4. The first-order chi connectivity index (χ1) is 8.72. The molecular weight excluding hydrogens is 232 g/mol. The second-order valence-electron chi connectivity index (χ2n) is 5.48. The highest BCUT2D eigenvalue weighted by Gasteiger charge is 2.36. The average molecular weight is 257 g/mol. The van der Waals surface area contributed by atoms with Gasteiger partial charge in [0.1, 0.15) is 6.61 Å². The summed E-state index contributed by atoms with van der Waals surface area (Å²) in [5.41, 5.74) is 0.